The lowest BCUT2D eigenvalue weighted by atomic mass is 9.99. The van der Waals surface area contributed by atoms with Gasteiger partial charge in [-0.15, -0.1) is 0 Å². The molecule has 1 aliphatic heterocycles. The van der Waals surface area contributed by atoms with Crippen LogP contribution in [0.2, 0.25) is 0 Å². The van der Waals surface area contributed by atoms with E-state index >= 15 is 0 Å². The minimum Gasteiger partial charge on any atom is -0.389 e. The van der Waals surface area contributed by atoms with Crippen molar-refractivity contribution in [2.45, 2.75) is 43.9 Å². The van der Waals surface area contributed by atoms with Crippen LogP contribution < -0.4 is 5.32 Å². The first-order valence-electron chi connectivity index (χ1n) is 9.10. The van der Waals surface area contributed by atoms with E-state index < -0.39 is 6.10 Å². The van der Waals surface area contributed by atoms with Crippen LogP contribution in [0.1, 0.15) is 31.2 Å². The summed E-state index contributed by atoms with van der Waals surface area (Å²) >= 11 is 0. The number of hydrogen-bond donors (Lipinski definition) is 2. The van der Waals surface area contributed by atoms with Gasteiger partial charge >= 0.3 is 0 Å². The predicted octanol–water partition coefficient (Wildman–Crippen LogP) is 0.554. The molecule has 1 saturated carbocycles. The number of amides is 1. The Kier molecular flexibility index (Phi) is 6.23. The molecule has 1 aromatic rings. The molecule has 2 fully saturated rings. The number of carbonyl (C=O) groups excluding carboxylic acids is 1. The van der Waals surface area contributed by atoms with Crippen LogP contribution in [0.15, 0.2) is 18.5 Å². The number of aromatic nitrogens is 2. The molecule has 138 valence electrons. The second-order valence-electron chi connectivity index (χ2n) is 6.89. The van der Waals surface area contributed by atoms with Crippen LogP contribution in [0.25, 0.3) is 6.08 Å². The molecule has 0 spiro atoms. The first kappa shape index (κ1) is 18.1. The summed E-state index contributed by atoms with van der Waals surface area (Å²) in [5, 5.41) is 17.9. The second-order valence-corrected chi connectivity index (χ2v) is 6.89. The number of aryl methyl sites for hydroxylation is 1. The van der Waals surface area contributed by atoms with Crippen LogP contribution in [-0.4, -0.2) is 70.2 Å². The van der Waals surface area contributed by atoms with E-state index in [1.54, 1.807) is 17.0 Å². The molecule has 3 rings (SSSR count). The fraction of sp³-hybridized carbons (Fsp3) is 0.667. The van der Waals surface area contributed by atoms with Crippen LogP contribution >= 0.6 is 0 Å². The smallest absolute Gasteiger partial charge is 0.244 e. The molecule has 0 unspecified atom stereocenters. The van der Waals surface area contributed by atoms with Crippen molar-refractivity contribution in [3.63, 3.8) is 0 Å². The highest BCUT2D eigenvalue weighted by molar-refractivity contribution is 5.91. The van der Waals surface area contributed by atoms with E-state index in [4.69, 9.17) is 4.74 Å². The van der Waals surface area contributed by atoms with E-state index in [-0.39, 0.29) is 18.0 Å². The lowest BCUT2D eigenvalue weighted by Crippen LogP contribution is -2.55. The largest absolute Gasteiger partial charge is 0.389 e. The van der Waals surface area contributed by atoms with Gasteiger partial charge in [0.25, 0.3) is 0 Å². The molecule has 1 aliphatic carbocycles. The Labute approximate surface area is 148 Å². The monoisotopic (exact) mass is 348 g/mol. The number of nitrogens with one attached hydrogen (secondary N) is 1. The SMILES string of the molecule is Cn1cc(/C=C/C(=O)N[C@@H]2CCCC[C@@H](N3CCOCC3)[C@@H]2O)cn1. The van der Waals surface area contributed by atoms with Gasteiger partial charge in [-0.1, -0.05) is 12.8 Å². The van der Waals surface area contributed by atoms with Crippen LogP contribution in [0.3, 0.4) is 0 Å². The summed E-state index contributed by atoms with van der Waals surface area (Å²) in [7, 11) is 1.84. The number of rotatable bonds is 4. The molecule has 2 heterocycles. The zero-order chi connectivity index (χ0) is 17.6. The number of nitrogens with zero attached hydrogens (tertiary/aromatic N) is 3. The lowest BCUT2D eigenvalue weighted by molar-refractivity contribution is -0.118. The van der Waals surface area contributed by atoms with Crippen LogP contribution in [-0.2, 0) is 16.6 Å². The molecular weight excluding hydrogens is 320 g/mol. The van der Waals surface area contributed by atoms with Crippen LogP contribution in [0.4, 0.5) is 0 Å². The Balaban J connectivity index is 1.59. The van der Waals surface area contributed by atoms with Crippen molar-refractivity contribution in [1.29, 1.82) is 0 Å². The minimum atomic E-state index is -0.545. The summed E-state index contributed by atoms with van der Waals surface area (Å²) in [6, 6.07) is -0.111. The standard InChI is InChI=1S/C18H28N4O3/c1-21-13-14(12-19-21)6-7-17(23)20-15-4-2-3-5-16(18(15)24)22-8-10-25-11-9-22/h6-7,12-13,15-16,18,24H,2-5,8-11H2,1H3,(H,20,23)/b7-6+/t15-,16-,18-/m1/s1. The summed E-state index contributed by atoms with van der Waals surface area (Å²) in [6.07, 6.45) is 10.1. The summed E-state index contributed by atoms with van der Waals surface area (Å²) in [5.41, 5.74) is 0.880. The number of hydrogen-bond acceptors (Lipinski definition) is 5. The fourth-order valence-electron chi connectivity index (χ4n) is 3.72. The van der Waals surface area contributed by atoms with E-state index in [1.807, 2.05) is 13.2 Å². The number of ether oxygens (including phenoxy) is 1. The number of morpholine rings is 1. The van der Waals surface area contributed by atoms with Gasteiger partial charge in [0.1, 0.15) is 0 Å². The molecule has 3 atom stereocenters. The van der Waals surface area contributed by atoms with Gasteiger partial charge in [0.2, 0.25) is 5.91 Å². The molecule has 0 aromatic carbocycles. The zero-order valence-corrected chi connectivity index (χ0v) is 14.8. The molecule has 2 aliphatic rings. The van der Waals surface area contributed by atoms with E-state index in [2.05, 4.69) is 15.3 Å². The summed E-state index contributed by atoms with van der Waals surface area (Å²) < 4.78 is 7.11. The number of aliphatic hydroxyl groups excluding tert-OH is 1. The van der Waals surface area contributed by atoms with Crippen molar-refractivity contribution >= 4 is 12.0 Å². The molecule has 7 heteroatoms. The molecule has 25 heavy (non-hydrogen) atoms. The van der Waals surface area contributed by atoms with E-state index in [1.165, 1.54) is 6.08 Å². The Morgan fingerprint density at radius 1 is 1.36 bits per heavy atom. The van der Waals surface area contributed by atoms with E-state index in [9.17, 15) is 9.90 Å². The highest BCUT2D eigenvalue weighted by Gasteiger charge is 2.34. The Bertz CT molecular complexity index is 595. The Hall–Kier alpha value is -1.70. The predicted molar refractivity (Wildman–Crippen MR) is 94.8 cm³/mol. The highest BCUT2D eigenvalue weighted by Crippen LogP contribution is 2.24. The number of carbonyl (C=O) groups is 1. The van der Waals surface area contributed by atoms with Gasteiger partial charge in [-0.2, -0.15) is 5.10 Å². The Morgan fingerprint density at radius 2 is 2.12 bits per heavy atom. The van der Waals surface area contributed by atoms with Gasteiger partial charge in [-0.3, -0.25) is 14.4 Å². The normalized spacial score (nSPS) is 28.8. The highest BCUT2D eigenvalue weighted by atomic mass is 16.5. The van der Waals surface area contributed by atoms with Crippen molar-refractivity contribution in [3.8, 4) is 0 Å². The van der Waals surface area contributed by atoms with E-state index in [0.29, 0.717) is 13.2 Å². The average molecular weight is 348 g/mol. The topological polar surface area (TPSA) is 79.6 Å². The molecule has 1 saturated heterocycles. The summed E-state index contributed by atoms with van der Waals surface area (Å²) in [4.78, 5) is 14.6. The van der Waals surface area contributed by atoms with Gasteiger partial charge in [0.05, 0.1) is 31.6 Å². The summed E-state index contributed by atoms with van der Waals surface area (Å²) in [6.45, 7) is 3.13. The van der Waals surface area contributed by atoms with Gasteiger partial charge in [0, 0.05) is 44.0 Å². The van der Waals surface area contributed by atoms with Crippen LogP contribution in [0.5, 0.6) is 0 Å². The molecule has 7 nitrogen and oxygen atoms in total. The van der Waals surface area contributed by atoms with Crippen LogP contribution in [0, 0.1) is 0 Å². The lowest BCUT2D eigenvalue weighted by Gasteiger charge is -2.38. The first-order valence-corrected chi connectivity index (χ1v) is 9.10. The molecule has 1 amide bonds. The van der Waals surface area contributed by atoms with Gasteiger partial charge in [-0.05, 0) is 18.9 Å². The van der Waals surface area contributed by atoms with Gasteiger partial charge in [0.15, 0.2) is 0 Å². The molecule has 0 bridgehead atoms. The van der Waals surface area contributed by atoms with Crippen molar-refractivity contribution in [3.05, 3.63) is 24.0 Å². The van der Waals surface area contributed by atoms with Gasteiger partial charge < -0.3 is 15.2 Å². The fourth-order valence-corrected chi connectivity index (χ4v) is 3.72. The third kappa shape index (κ3) is 4.90. The first-order chi connectivity index (χ1) is 12.1. The summed E-state index contributed by atoms with van der Waals surface area (Å²) in [5.74, 6) is -0.171. The quantitative estimate of drug-likeness (QED) is 0.614. The minimum absolute atomic E-state index is 0.0963. The van der Waals surface area contributed by atoms with Crippen molar-refractivity contribution < 1.29 is 14.6 Å². The van der Waals surface area contributed by atoms with E-state index in [0.717, 1.165) is 44.3 Å². The maximum atomic E-state index is 12.3. The average Bonchev–Trinajstić information content (AvgIpc) is 2.96. The van der Waals surface area contributed by atoms with Crippen molar-refractivity contribution in [1.82, 2.24) is 20.0 Å². The third-order valence-corrected chi connectivity index (χ3v) is 5.07. The molecule has 0 radical (unpaired) electrons. The van der Waals surface area contributed by atoms with Crippen molar-refractivity contribution in [2.24, 2.45) is 7.05 Å². The molecular formula is C18H28N4O3. The van der Waals surface area contributed by atoms with Gasteiger partial charge in [-0.25, -0.2) is 0 Å². The third-order valence-electron chi connectivity index (χ3n) is 5.07. The Morgan fingerprint density at radius 3 is 2.84 bits per heavy atom. The molecule has 1 aromatic heterocycles. The maximum absolute atomic E-state index is 12.3. The molecule has 2 N–H and O–H groups in total. The maximum Gasteiger partial charge on any atom is 0.244 e. The number of aliphatic hydroxyl groups is 1. The van der Waals surface area contributed by atoms with Crippen molar-refractivity contribution in [2.75, 3.05) is 26.3 Å². The second kappa shape index (κ2) is 8.60. The zero-order valence-electron chi connectivity index (χ0n) is 14.8.